The first-order chi connectivity index (χ1) is 7.34. The second-order valence-electron chi connectivity index (χ2n) is 4.39. The predicted octanol–water partition coefficient (Wildman–Crippen LogP) is 0.489. The highest BCUT2D eigenvalue weighted by Crippen LogP contribution is 2.03. The van der Waals surface area contributed by atoms with Crippen molar-refractivity contribution in [1.29, 1.82) is 0 Å². The van der Waals surface area contributed by atoms with E-state index in [1.54, 1.807) is 0 Å². The first-order valence-corrected chi connectivity index (χ1v) is 5.94. The third-order valence-electron chi connectivity index (χ3n) is 2.92. The fraction of sp³-hybridized carbons (Fsp3) is 0.909. The quantitative estimate of drug-likeness (QED) is 0.738. The maximum Gasteiger partial charge on any atom is 0.0966 e. The molecule has 0 aromatic rings. The van der Waals surface area contributed by atoms with Gasteiger partial charge in [-0.2, -0.15) is 0 Å². The molecule has 2 heterocycles. The van der Waals surface area contributed by atoms with Crippen LogP contribution in [0.3, 0.4) is 0 Å². The lowest BCUT2D eigenvalue weighted by atomic mass is 10.2. The molecule has 2 aliphatic rings. The Balaban J connectivity index is 1.68. The summed E-state index contributed by atoms with van der Waals surface area (Å²) >= 11 is 0. The van der Waals surface area contributed by atoms with Crippen molar-refractivity contribution in [1.82, 2.24) is 10.2 Å². The van der Waals surface area contributed by atoms with Crippen LogP contribution in [0.1, 0.15) is 19.8 Å². The number of nitrogens with zero attached hydrogens (tertiary/aromatic N) is 2. The third-order valence-corrected chi connectivity index (χ3v) is 2.92. The molecule has 1 atom stereocenters. The third kappa shape index (κ3) is 3.47. The van der Waals surface area contributed by atoms with Gasteiger partial charge in [0.1, 0.15) is 0 Å². The zero-order valence-electron chi connectivity index (χ0n) is 9.54. The molecule has 1 saturated heterocycles. The number of hydrogen-bond acceptors (Lipinski definition) is 4. The molecular formula is C11H21N3O. The fourth-order valence-corrected chi connectivity index (χ4v) is 2.16. The minimum atomic E-state index is 0.500. The van der Waals surface area contributed by atoms with Crippen LogP contribution >= 0.6 is 0 Å². The smallest absolute Gasteiger partial charge is 0.0966 e. The second kappa shape index (κ2) is 5.47. The van der Waals surface area contributed by atoms with Gasteiger partial charge in [0.2, 0.25) is 0 Å². The average molecular weight is 211 g/mol. The normalized spacial score (nSPS) is 25.0. The monoisotopic (exact) mass is 211 g/mol. The van der Waals surface area contributed by atoms with Crippen molar-refractivity contribution in [2.75, 3.05) is 39.4 Å². The molecule has 0 bridgehead atoms. The lowest BCUT2D eigenvalue weighted by Crippen LogP contribution is -2.45. The van der Waals surface area contributed by atoms with Crippen LogP contribution in [-0.2, 0) is 4.74 Å². The van der Waals surface area contributed by atoms with E-state index in [1.807, 2.05) is 0 Å². The number of rotatable bonds is 3. The van der Waals surface area contributed by atoms with Crippen LogP contribution in [-0.4, -0.2) is 56.2 Å². The van der Waals surface area contributed by atoms with E-state index in [9.17, 15) is 0 Å². The summed E-state index contributed by atoms with van der Waals surface area (Å²) in [5, 5.41) is 3.49. The van der Waals surface area contributed by atoms with Crippen molar-refractivity contribution in [2.24, 2.45) is 4.99 Å². The van der Waals surface area contributed by atoms with E-state index in [-0.39, 0.29) is 0 Å². The maximum absolute atomic E-state index is 5.33. The van der Waals surface area contributed by atoms with Gasteiger partial charge in [0, 0.05) is 38.6 Å². The Morgan fingerprint density at radius 3 is 2.93 bits per heavy atom. The van der Waals surface area contributed by atoms with Crippen LogP contribution in [0.2, 0.25) is 0 Å². The van der Waals surface area contributed by atoms with Crippen molar-refractivity contribution in [3.63, 3.8) is 0 Å². The zero-order valence-corrected chi connectivity index (χ0v) is 9.54. The first kappa shape index (κ1) is 10.9. The number of ether oxygens (including phenoxy) is 1. The van der Waals surface area contributed by atoms with E-state index < -0.39 is 0 Å². The highest BCUT2D eigenvalue weighted by Gasteiger charge is 2.15. The Hall–Kier alpha value is -0.610. The Morgan fingerprint density at radius 2 is 2.27 bits per heavy atom. The molecule has 0 aromatic carbocycles. The van der Waals surface area contributed by atoms with Gasteiger partial charge in [-0.05, 0) is 13.3 Å². The summed E-state index contributed by atoms with van der Waals surface area (Å²) in [6.45, 7) is 8.24. The predicted molar refractivity (Wildman–Crippen MR) is 61.4 cm³/mol. The van der Waals surface area contributed by atoms with Crippen molar-refractivity contribution >= 4 is 5.84 Å². The Labute approximate surface area is 91.7 Å². The highest BCUT2D eigenvalue weighted by atomic mass is 16.5. The van der Waals surface area contributed by atoms with E-state index in [4.69, 9.17) is 4.74 Å². The number of aliphatic imine (C=N–C) groups is 1. The van der Waals surface area contributed by atoms with Crippen LogP contribution in [0.4, 0.5) is 0 Å². The number of nitrogens with one attached hydrogen (secondary N) is 1. The summed E-state index contributed by atoms with van der Waals surface area (Å²) in [5.74, 6) is 1.20. The van der Waals surface area contributed by atoms with Gasteiger partial charge in [-0.25, -0.2) is 0 Å². The minimum absolute atomic E-state index is 0.500. The number of hydrogen-bond donors (Lipinski definition) is 1. The van der Waals surface area contributed by atoms with Crippen LogP contribution < -0.4 is 5.32 Å². The largest absolute Gasteiger partial charge is 0.379 e. The maximum atomic E-state index is 5.33. The SMILES string of the molecule is CC(CN1CCOCC1)NC1=NCCC1. The topological polar surface area (TPSA) is 36.9 Å². The molecule has 0 saturated carbocycles. The van der Waals surface area contributed by atoms with Crippen molar-refractivity contribution in [2.45, 2.75) is 25.8 Å². The summed E-state index contributed by atoms with van der Waals surface area (Å²) < 4.78 is 5.33. The van der Waals surface area contributed by atoms with Gasteiger partial charge in [0.15, 0.2) is 0 Å². The van der Waals surface area contributed by atoms with E-state index in [1.165, 1.54) is 12.3 Å². The Morgan fingerprint density at radius 1 is 1.47 bits per heavy atom. The first-order valence-electron chi connectivity index (χ1n) is 5.94. The van der Waals surface area contributed by atoms with Crippen LogP contribution in [0.25, 0.3) is 0 Å². The van der Waals surface area contributed by atoms with Gasteiger partial charge in [-0.1, -0.05) is 0 Å². The molecule has 0 radical (unpaired) electrons. The van der Waals surface area contributed by atoms with Gasteiger partial charge in [0.25, 0.3) is 0 Å². The number of morpholine rings is 1. The molecule has 0 spiro atoms. The summed E-state index contributed by atoms with van der Waals surface area (Å²) in [6.07, 6.45) is 2.35. The molecule has 15 heavy (non-hydrogen) atoms. The van der Waals surface area contributed by atoms with Gasteiger partial charge >= 0.3 is 0 Å². The fourth-order valence-electron chi connectivity index (χ4n) is 2.16. The average Bonchev–Trinajstić information content (AvgIpc) is 2.71. The van der Waals surface area contributed by atoms with E-state index in [2.05, 4.69) is 22.1 Å². The van der Waals surface area contributed by atoms with Crippen molar-refractivity contribution in [3.8, 4) is 0 Å². The van der Waals surface area contributed by atoms with Crippen LogP contribution in [0.15, 0.2) is 4.99 Å². The Kier molecular flexibility index (Phi) is 3.97. The molecule has 1 N–H and O–H groups in total. The molecule has 2 rings (SSSR count). The lowest BCUT2D eigenvalue weighted by Gasteiger charge is -2.29. The minimum Gasteiger partial charge on any atom is -0.379 e. The summed E-state index contributed by atoms with van der Waals surface area (Å²) in [4.78, 5) is 6.89. The molecule has 4 nitrogen and oxygen atoms in total. The molecule has 1 unspecified atom stereocenters. The van der Waals surface area contributed by atoms with Gasteiger partial charge in [-0.15, -0.1) is 0 Å². The molecule has 0 aliphatic carbocycles. The Bertz CT molecular complexity index is 224. The summed E-state index contributed by atoms with van der Waals surface area (Å²) in [6, 6.07) is 0.500. The van der Waals surface area contributed by atoms with Crippen LogP contribution in [0.5, 0.6) is 0 Å². The van der Waals surface area contributed by atoms with Crippen molar-refractivity contribution < 1.29 is 4.74 Å². The molecule has 86 valence electrons. The van der Waals surface area contributed by atoms with Crippen LogP contribution in [0, 0.1) is 0 Å². The van der Waals surface area contributed by atoms with E-state index in [0.717, 1.165) is 45.8 Å². The molecular weight excluding hydrogens is 190 g/mol. The number of amidine groups is 1. The highest BCUT2D eigenvalue weighted by molar-refractivity contribution is 5.83. The van der Waals surface area contributed by atoms with E-state index in [0.29, 0.717) is 6.04 Å². The second-order valence-corrected chi connectivity index (χ2v) is 4.39. The van der Waals surface area contributed by atoms with Gasteiger partial charge in [0.05, 0.1) is 19.0 Å². The molecule has 4 heteroatoms. The molecule has 0 aromatic heterocycles. The van der Waals surface area contributed by atoms with Crippen molar-refractivity contribution in [3.05, 3.63) is 0 Å². The molecule has 1 fully saturated rings. The van der Waals surface area contributed by atoms with Gasteiger partial charge < -0.3 is 10.1 Å². The molecule has 0 amide bonds. The zero-order chi connectivity index (χ0) is 10.5. The summed E-state index contributed by atoms with van der Waals surface area (Å²) in [7, 11) is 0. The standard InChI is InChI=1S/C11H21N3O/c1-10(13-11-3-2-4-12-11)9-14-5-7-15-8-6-14/h10H,2-9H2,1H3,(H,12,13). The van der Waals surface area contributed by atoms with E-state index >= 15 is 0 Å². The van der Waals surface area contributed by atoms with Gasteiger partial charge in [-0.3, -0.25) is 9.89 Å². The lowest BCUT2D eigenvalue weighted by molar-refractivity contribution is 0.0352. The molecule has 2 aliphatic heterocycles. The summed E-state index contributed by atoms with van der Waals surface area (Å²) in [5.41, 5.74) is 0.